The zero-order valence-corrected chi connectivity index (χ0v) is 23.3. The Kier molecular flexibility index (Phi) is 8.06. The molecule has 1 saturated carbocycles. The summed E-state index contributed by atoms with van der Waals surface area (Å²) >= 11 is 14.5. The van der Waals surface area contributed by atoms with Crippen molar-refractivity contribution in [3.63, 3.8) is 0 Å². The van der Waals surface area contributed by atoms with Crippen LogP contribution in [0.5, 0.6) is 5.75 Å². The molecule has 0 radical (unpaired) electrons. The van der Waals surface area contributed by atoms with Crippen molar-refractivity contribution in [1.82, 2.24) is 9.32 Å². The highest BCUT2D eigenvalue weighted by Gasteiger charge is 2.33. The van der Waals surface area contributed by atoms with Gasteiger partial charge >= 0.3 is 0 Å². The predicted molar refractivity (Wildman–Crippen MR) is 155 cm³/mol. The zero-order chi connectivity index (χ0) is 25.9. The molecule has 0 saturated heterocycles. The molecular formula is C30H30Cl2N2O2S. The number of amides is 1. The van der Waals surface area contributed by atoms with Gasteiger partial charge < -0.3 is 9.64 Å². The van der Waals surface area contributed by atoms with Gasteiger partial charge in [-0.25, -0.2) is 4.42 Å². The fraction of sp³-hybridized carbons (Fsp3) is 0.300. The van der Waals surface area contributed by atoms with Crippen LogP contribution in [-0.4, -0.2) is 41.5 Å². The van der Waals surface area contributed by atoms with Gasteiger partial charge in [-0.3, -0.25) is 4.79 Å². The van der Waals surface area contributed by atoms with Crippen LogP contribution >= 0.6 is 34.7 Å². The molecule has 1 aliphatic carbocycles. The Morgan fingerprint density at radius 1 is 0.946 bits per heavy atom. The molecule has 1 heterocycles. The van der Waals surface area contributed by atoms with Gasteiger partial charge in [0.25, 0.3) is 5.91 Å². The van der Waals surface area contributed by atoms with Crippen LogP contribution in [0.1, 0.15) is 40.9 Å². The standard InChI is InChI=1S/C30H30Cl2N2O2S/c1-33(32)23-13-15-24(16-14-23)34(30(35)29-28(31)25-10-6-7-11-27(25)37-29)19-22-18-21(12-17-26(22)36-2)20-8-4-3-5-9-20/h3-12,17-18,23-24H,13-16,19H2,1-2H3/t23-,24-. The van der Waals surface area contributed by atoms with Crippen molar-refractivity contribution < 1.29 is 9.53 Å². The van der Waals surface area contributed by atoms with Crippen LogP contribution < -0.4 is 4.74 Å². The lowest BCUT2D eigenvalue weighted by molar-refractivity contribution is 0.0589. The summed E-state index contributed by atoms with van der Waals surface area (Å²) < 4.78 is 8.54. The fourth-order valence-corrected chi connectivity index (χ4v) is 6.93. The number of methoxy groups -OCH3 is 1. The van der Waals surface area contributed by atoms with Crippen molar-refractivity contribution in [2.24, 2.45) is 0 Å². The van der Waals surface area contributed by atoms with E-state index in [0.717, 1.165) is 58.2 Å². The van der Waals surface area contributed by atoms with Crippen molar-refractivity contribution in [3.8, 4) is 16.9 Å². The van der Waals surface area contributed by atoms with Gasteiger partial charge in [-0.15, -0.1) is 11.3 Å². The molecule has 1 aromatic heterocycles. The van der Waals surface area contributed by atoms with E-state index in [-0.39, 0.29) is 11.9 Å². The Bertz CT molecular complexity index is 1380. The van der Waals surface area contributed by atoms with E-state index < -0.39 is 0 Å². The smallest absolute Gasteiger partial charge is 0.266 e. The van der Waals surface area contributed by atoms with Gasteiger partial charge in [-0.05, 0) is 66.8 Å². The number of thiophene rings is 1. The summed E-state index contributed by atoms with van der Waals surface area (Å²) in [5, 5.41) is 1.46. The number of nitrogens with zero attached hydrogens (tertiary/aromatic N) is 2. The number of fused-ring (bicyclic) bond motifs is 1. The lowest BCUT2D eigenvalue weighted by Crippen LogP contribution is -2.44. The van der Waals surface area contributed by atoms with Crippen LogP contribution in [0.25, 0.3) is 21.2 Å². The molecule has 0 aliphatic heterocycles. The number of hydrogen-bond acceptors (Lipinski definition) is 4. The van der Waals surface area contributed by atoms with Crippen molar-refractivity contribution in [3.05, 3.63) is 88.3 Å². The second-order valence-corrected chi connectivity index (χ2v) is 11.5. The average Bonchev–Trinajstić information content (AvgIpc) is 3.28. The fourth-order valence-electron chi connectivity index (χ4n) is 5.27. The molecule has 1 amide bonds. The molecule has 0 N–H and O–H groups in total. The highest BCUT2D eigenvalue weighted by Crippen LogP contribution is 2.38. The van der Waals surface area contributed by atoms with Crippen LogP contribution in [-0.2, 0) is 6.54 Å². The van der Waals surface area contributed by atoms with E-state index in [2.05, 4.69) is 24.3 Å². The Labute approximate surface area is 232 Å². The van der Waals surface area contributed by atoms with Crippen molar-refractivity contribution in [2.45, 2.75) is 44.3 Å². The maximum Gasteiger partial charge on any atom is 0.266 e. The maximum absolute atomic E-state index is 14.2. The van der Waals surface area contributed by atoms with Gasteiger partial charge in [0, 0.05) is 41.3 Å². The number of rotatable bonds is 7. The topological polar surface area (TPSA) is 32.8 Å². The first-order valence-corrected chi connectivity index (χ1v) is 14.1. The lowest BCUT2D eigenvalue weighted by atomic mass is 9.89. The molecule has 4 aromatic rings. The number of halogens is 2. The summed E-state index contributed by atoms with van der Waals surface area (Å²) in [6.07, 6.45) is 3.65. The van der Waals surface area contributed by atoms with Gasteiger partial charge in [-0.1, -0.05) is 66.2 Å². The van der Waals surface area contributed by atoms with Crippen LogP contribution in [0.3, 0.4) is 0 Å². The Morgan fingerprint density at radius 2 is 1.62 bits per heavy atom. The van der Waals surface area contributed by atoms with E-state index in [0.29, 0.717) is 22.5 Å². The summed E-state index contributed by atoms with van der Waals surface area (Å²) in [7, 11) is 3.59. The number of carbonyl (C=O) groups is 1. The lowest BCUT2D eigenvalue weighted by Gasteiger charge is -2.38. The monoisotopic (exact) mass is 552 g/mol. The quantitative estimate of drug-likeness (QED) is 0.216. The Morgan fingerprint density at radius 3 is 2.30 bits per heavy atom. The van der Waals surface area contributed by atoms with Crippen molar-refractivity contribution in [1.29, 1.82) is 0 Å². The molecule has 37 heavy (non-hydrogen) atoms. The first-order chi connectivity index (χ1) is 18.0. The molecule has 0 spiro atoms. The van der Waals surface area contributed by atoms with Crippen LogP contribution in [0.2, 0.25) is 5.02 Å². The summed E-state index contributed by atoms with van der Waals surface area (Å²) in [6.45, 7) is 0.444. The Hall–Kier alpha value is -2.57. The molecule has 0 atom stereocenters. The highest BCUT2D eigenvalue weighted by atomic mass is 35.5. The molecule has 192 valence electrons. The summed E-state index contributed by atoms with van der Waals surface area (Å²) in [4.78, 5) is 16.8. The molecule has 0 bridgehead atoms. The van der Waals surface area contributed by atoms with E-state index in [1.807, 2.05) is 60.5 Å². The molecule has 1 aliphatic rings. The van der Waals surface area contributed by atoms with E-state index >= 15 is 0 Å². The van der Waals surface area contributed by atoms with Gasteiger partial charge in [0.15, 0.2) is 0 Å². The molecule has 1 fully saturated rings. The average molecular weight is 554 g/mol. The largest absolute Gasteiger partial charge is 0.496 e. The van der Waals surface area contributed by atoms with Gasteiger partial charge in [0.2, 0.25) is 0 Å². The van der Waals surface area contributed by atoms with Gasteiger partial charge in [0.05, 0.1) is 12.1 Å². The number of benzene rings is 3. The first kappa shape index (κ1) is 26.1. The molecular weight excluding hydrogens is 523 g/mol. The van der Waals surface area contributed by atoms with Crippen molar-refractivity contribution in [2.75, 3.05) is 14.2 Å². The third kappa shape index (κ3) is 5.51. The normalized spacial score (nSPS) is 17.8. The number of hydrogen-bond donors (Lipinski definition) is 0. The third-order valence-corrected chi connectivity index (χ3v) is 9.27. The van der Waals surface area contributed by atoms with E-state index in [1.54, 1.807) is 11.5 Å². The van der Waals surface area contributed by atoms with Gasteiger partial charge in [0.1, 0.15) is 10.6 Å². The molecule has 0 unspecified atom stereocenters. The first-order valence-electron chi connectivity index (χ1n) is 12.5. The minimum Gasteiger partial charge on any atom is -0.496 e. The summed E-state index contributed by atoms with van der Waals surface area (Å²) in [5.74, 6) is 0.746. The SMILES string of the molecule is COc1ccc(-c2ccccc2)cc1CN(C(=O)c1sc2ccccc2c1Cl)[C@H]1CC[C@H](N(C)Cl)CC1. The van der Waals surface area contributed by atoms with Crippen LogP contribution in [0.4, 0.5) is 0 Å². The third-order valence-electron chi connectivity index (χ3n) is 7.33. The number of ether oxygens (including phenoxy) is 1. The Balaban J connectivity index is 1.52. The van der Waals surface area contributed by atoms with Gasteiger partial charge in [-0.2, -0.15) is 0 Å². The second kappa shape index (κ2) is 11.4. The minimum atomic E-state index is -0.0268. The number of carbonyl (C=O) groups excluding carboxylic acids is 1. The summed E-state index contributed by atoms with van der Waals surface area (Å²) in [5.41, 5.74) is 3.20. The predicted octanol–water partition coefficient (Wildman–Crippen LogP) is 8.27. The van der Waals surface area contributed by atoms with Crippen molar-refractivity contribution >= 4 is 50.7 Å². The van der Waals surface area contributed by atoms with Crippen LogP contribution in [0.15, 0.2) is 72.8 Å². The second-order valence-electron chi connectivity index (χ2n) is 9.55. The molecule has 5 rings (SSSR count). The van der Waals surface area contributed by atoms with E-state index in [9.17, 15) is 4.79 Å². The summed E-state index contributed by atoms with van der Waals surface area (Å²) in [6, 6.07) is 24.8. The molecule has 3 aromatic carbocycles. The highest BCUT2D eigenvalue weighted by molar-refractivity contribution is 7.21. The molecule has 7 heteroatoms. The minimum absolute atomic E-state index is 0.0268. The zero-order valence-electron chi connectivity index (χ0n) is 21.0. The van der Waals surface area contributed by atoms with E-state index in [4.69, 9.17) is 28.1 Å². The molecule has 4 nitrogen and oxygen atoms in total. The maximum atomic E-state index is 14.2. The van der Waals surface area contributed by atoms with Crippen LogP contribution in [0, 0.1) is 0 Å². The van der Waals surface area contributed by atoms with E-state index in [1.165, 1.54) is 11.3 Å².